The first-order chi connectivity index (χ1) is 8.77. The van der Waals surface area contributed by atoms with Crippen LogP contribution in [0.1, 0.15) is 29.9 Å². The van der Waals surface area contributed by atoms with Crippen LogP contribution in [-0.2, 0) is 4.74 Å². The van der Waals surface area contributed by atoms with Crippen molar-refractivity contribution in [1.29, 1.82) is 0 Å². The average molecular weight is 261 g/mol. The highest BCUT2D eigenvalue weighted by atomic mass is 35.5. The summed E-state index contributed by atoms with van der Waals surface area (Å²) in [6.45, 7) is 0.322. The minimum atomic E-state index is -0.735. The molecule has 92 valence electrons. The molecular formula is C15H13ClO2. The van der Waals surface area contributed by atoms with Gasteiger partial charge in [-0.05, 0) is 35.1 Å². The van der Waals surface area contributed by atoms with Gasteiger partial charge in [0.15, 0.2) is 0 Å². The van der Waals surface area contributed by atoms with Gasteiger partial charge in [-0.1, -0.05) is 36.4 Å². The molecule has 0 saturated carbocycles. The van der Waals surface area contributed by atoms with E-state index in [1.807, 2.05) is 6.07 Å². The normalized spacial score (nSPS) is 20.6. The molecule has 1 unspecified atom stereocenters. The van der Waals surface area contributed by atoms with E-state index in [0.29, 0.717) is 6.61 Å². The SMILES string of the molecule is O=C(Cl)OCC1C2=C(CCC=C2)c2ccccc21. The first-order valence-electron chi connectivity index (χ1n) is 6.08. The van der Waals surface area contributed by atoms with Crippen LogP contribution in [0.5, 0.6) is 0 Å². The smallest absolute Gasteiger partial charge is 0.403 e. The van der Waals surface area contributed by atoms with E-state index in [1.54, 1.807) is 0 Å². The maximum atomic E-state index is 10.8. The molecular weight excluding hydrogens is 248 g/mol. The molecule has 2 aliphatic carbocycles. The highest BCUT2D eigenvalue weighted by Gasteiger charge is 2.31. The lowest BCUT2D eigenvalue weighted by molar-refractivity contribution is 0.170. The Hall–Kier alpha value is -1.54. The standard InChI is InChI=1S/C15H13ClO2/c16-15(17)18-9-14-12-7-3-1-5-10(12)11-6-2-4-8-13(11)14/h1,3-5,7-8,14H,2,6,9H2. The van der Waals surface area contributed by atoms with Crippen LogP contribution in [0.4, 0.5) is 4.79 Å². The van der Waals surface area contributed by atoms with E-state index < -0.39 is 5.43 Å². The van der Waals surface area contributed by atoms with Crippen molar-refractivity contribution in [3.8, 4) is 0 Å². The Balaban J connectivity index is 1.99. The summed E-state index contributed by atoms with van der Waals surface area (Å²) in [7, 11) is 0. The summed E-state index contributed by atoms with van der Waals surface area (Å²) in [5.41, 5.74) is 4.48. The molecule has 0 bridgehead atoms. The fraction of sp³-hybridized carbons (Fsp3) is 0.267. The number of fused-ring (bicyclic) bond motifs is 2. The van der Waals surface area contributed by atoms with Crippen molar-refractivity contribution in [3.63, 3.8) is 0 Å². The molecule has 1 aromatic rings. The third-order valence-electron chi connectivity index (χ3n) is 3.61. The number of allylic oxidation sites excluding steroid dienone is 3. The van der Waals surface area contributed by atoms with Crippen LogP contribution in [0.15, 0.2) is 42.0 Å². The van der Waals surface area contributed by atoms with Gasteiger partial charge in [0.1, 0.15) is 6.61 Å². The molecule has 1 atom stereocenters. The fourth-order valence-electron chi connectivity index (χ4n) is 2.87. The molecule has 0 aromatic heterocycles. The van der Waals surface area contributed by atoms with Crippen LogP contribution >= 0.6 is 11.6 Å². The lowest BCUT2D eigenvalue weighted by Crippen LogP contribution is -2.09. The topological polar surface area (TPSA) is 26.3 Å². The largest absolute Gasteiger partial charge is 0.453 e. The van der Waals surface area contributed by atoms with Gasteiger partial charge in [-0.3, -0.25) is 0 Å². The van der Waals surface area contributed by atoms with Crippen molar-refractivity contribution in [3.05, 3.63) is 53.1 Å². The number of hydrogen-bond acceptors (Lipinski definition) is 2. The summed E-state index contributed by atoms with van der Waals surface area (Å²) >= 11 is 5.26. The lowest BCUT2D eigenvalue weighted by Gasteiger charge is -2.15. The third-order valence-corrected chi connectivity index (χ3v) is 3.72. The van der Waals surface area contributed by atoms with Crippen LogP contribution in [0.25, 0.3) is 5.57 Å². The van der Waals surface area contributed by atoms with Crippen molar-refractivity contribution in [1.82, 2.24) is 0 Å². The summed E-state index contributed by atoms with van der Waals surface area (Å²) in [5, 5.41) is 0. The summed E-state index contributed by atoms with van der Waals surface area (Å²) in [6.07, 6.45) is 6.48. The molecule has 18 heavy (non-hydrogen) atoms. The van der Waals surface area contributed by atoms with E-state index in [0.717, 1.165) is 12.8 Å². The predicted molar refractivity (Wildman–Crippen MR) is 71.7 cm³/mol. The summed E-state index contributed by atoms with van der Waals surface area (Å²) < 4.78 is 4.99. The summed E-state index contributed by atoms with van der Waals surface area (Å²) in [4.78, 5) is 10.8. The quantitative estimate of drug-likeness (QED) is 0.743. The Morgan fingerprint density at radius 3 is 3.06 bits per heavy atom. The van der Waals surface area contributed by atoms with E-state index in [9.17, 15) is 4.79 Å². The number of rotatable bonds is 2. The van der Waals surface area contributed by atoms with E-state index >= 15 is 0 Å². The van der Waals surface area contributed by atoms with Crippen molar-refractivity contribution >= 4 is 22.6 Å². The van der Waals surface area contributed by atoms with Crippen molar-refractivity contribution in [2.75, 3.05) is 6.61 Å². The molecule has 3 rings (SSSR count). The zero-order valence-corrected chi connectivity index (χ0v) is 10.6. The van der Waals surface area contributed by atoms with E-state index in [4.69, 9.17) is 16.3 Å². The van der Waals surface area contributed by atoms with Crippen LogP contribution < -0.4 is 0 Å². The Labute approximate surface area is 111 Å². The fourth-order valence-corrected chi connectivity index (χ4v) is 2.93. The number of carbonyl (C=O) groups is 1. The second kappa shape index (κ2) is 4.62. The number of benzene rings is 1. The zero-order valence-electron chi connectivity index (χ0n) is 9.86. The Kier molecular flexibility index (Phi) is 2.96. The molecule has 0 radical (unpaired) electrons. The number of hydrogen-bond donors (Lipinski definition) is 0. The van der Waals surface area contributed by atoms with Gasteiger partial charge in [0.2, 0.25) is 0 Å². The lowest BCUT2D eigenvalue weighted by atomic mass is 9.93. The van der Waals surface area contributed by atoms with Gasteiger partial charge in [-0.25, -0.2) is 4.79 Å². The van der Waals surface area contributed by atoms with Crippen molar-refractivity contribution in [2.45, 2.75) is 18.8 Å². The molecule has 1 aromatic carbocycles. The molecule has 2 nitrogen and oxygen atoms in total. The van der Waals surface area contributed by atoms with Gasteiger partial charge < -0.3 is 4.74 Å². The van der Waals surface area contributed by atoms with Gasteiger partial charge in [-0.15, -0.1) is 0 Å². The minimum Gasteiger partial charge on any atom is -0.453 e. The molecule has 0 amide bonds. The highest BCUT2D eigenvalue weighted by Crippen LogP contribution is 2.46. The van der Waals surface area contributed by atoms with Crippen LogP contribution in [-0.4, -0.2) is 12.0 Å². The molecule has 0 N–H and O–H groups in total. The van der Waals surface area contributed by atoms with Crippen LogP contribution in [0.3, 0.4) is 0 Å². The monoisotopic (exact) mass is 260 g/mol. The van der Waals surface area contributed by atoms with Crippen molar-refractivity contribution < 1.29 is 9.53 Å². The van der Waals surface area contributed by atoms with E-state index in [1.165, 1.54) is 22.3 Å². The Morgan fingerprint density at radius 1 is 1.39 bits per heavy atom. The van der Waals surface area contributed by atoms with Gasteiger partial charge in [0.05, 0.1) is 0 Å². The highest BCUT2D eigenvalue weighted by molar-refractivity contribution is 6.61. The van der Waals surface area contributed by atoms with Gasteiger partial charge in [-0.2, -0.15) is 0 Å². The van der Waals surface area contributed by atoms with Crippen molar-refractivity contribution in [2.24, 2.45) is 0 Å². The Bertz CT molecular complexity index is 557. The first-order valence-corrected chi connectivity index (χ1v) is 6.46. The van der Waals surface area contributed by atoms with E-state index in [2.05, 4.69) is 30.4 Å². The van der Waals surface area contributed by atoms with Gasteiger partial charge in [0, 0.05) is 17.5 Å². The van der Waals surface area contributed by atoms with Gasteiger partial charge in [0.25, 0.3) is 0 Å². The number of halogens is 1. The predicted octanol–water partition coefficient (Wildman–Crippen LogP) is 4.26. The molecule has 2 aliphatic rings. The minimum absolute atomic E-state index is 0.135. The molecule has 0 heterocycles. The molecule has 0 saturated heterocycles. The average Bonchev–Trinajstić information content (AvgIpc) is 2.71. The van der Waals surface area contributed by atoms with Crippen LogP contribution in [0, 0.1) is 0 Å². The van der Waals surface area contributed by atoms with Gasteiger partial charge >= 0.3 is 5.43 Å². The number of ether oxygens (including phenoxy) is 1. The van der Waals surface area contributed by atoms with Crippen LogP contribution in [0.2, 0.25) is 0 Å². The maximum absolute atomic E-state index is 10.8. The first kappa shape index (κ1) is 11.5. The Morgan fingerprint density at radius 2 is 2.22 bits per heavy atom. The molecule has 0 aliphatic heterocycles. The zero-order chi connectivity index (χ0) is 12.5. The maximum Gasteiger partial charge on any atom is 0.403 e. The summed E-state index contributed by atoms with van der Waals surface area (Å²) in [6, 6.07) is 8.33. The second-order valence-electron chi connectivity index (χ2n) is 4.56. The third kappa shape index (κ3) is 1.87. The molecule has 3 heteroatoms. The summed E-state index contributed by atoms with van der Waals surface area (Å²) in [5.74, 6) is 0.135. The van der Waals surface area contributed by atoms with E-state index in [-0.39, 0.29) is 5.92 Å². The molecule has 0 spiro atoms. The molecule has 0 fully saturated rings. The second-order valence-corrected chi connectivity index (χ2v) is 4.87. The number of carbonyl (C=O) groups excluding carboxylic acids is 1.